The number of aromatic nitrogens is 2. The molecule has 0 N–H and O–H groups in total. The highest BCUT2D eigenvalue weighted by molar-refractivity contribution is 5.76. The third-order valence-electron chi connectivity index (χ3n) is 5.44. The second kappa shape index (κ2) is 8.22. The molecule has 0 aliphatic carbocycles. The molecule has 0 atom stereocenters. The van der Waals surface area contributed by atoms with Gasteiger partial charge in [-0.3, -0.25) is 4.79 Å². The van der Waals surface area contributed by atoms with E-state index in [1.54, 1.807) is 13.0 Å². The van der Waals surface area contributed by atoms with Gasteiger partial charge in [0, 0.05) is 32.3 Å². The van der Waals surface area contributed by atoms with Gasteiger partial charge in [-0.15, -0.1) is 0 Å². The van der Waals surface area contributed by atoms with Crippen LogP contribution in [0.15, 0.2) is 24.4 Å². The summed E-state index contributed by atoms with van der Waals surface area (Å²) in [7, 11) is 0. The zero-order valence-electron chi connectivity index (χ0n) is 16.2. The van der Waals surface area contributed by atoms with Crippen LogP contribution in [0.3, 0.4) is 0 Å². The fourth-order valence-electron chi connectivity index (χ4n) is 3.62. The number of ether oxygens (including phenoxy) is 1. The van der Waals surface area contributed by atoms with Gasteiger partial charge in [0.05, 0.1) is 25.5 Å². The van der Waals surface area contributed by atoms with Crippen LogP contribution >= 0.6 is 0 Å². The maximum absolute atomic E-state index is 13.7. The Hall–Kier alpha value is -2.54. The molecule has 0 unspecified atom stereocenters. The molecule has 7 heteroatoms. The number of anilines is 1. The molecule has 28 heavy (non-hydrogen) atoms. The average Bonchev–Trinajstić information content (AvgIpc) is 2.74. The van der Waals surface area contributed by atoms with E-state index in [1.165, 1.54) is 6.07 Å². The van der Waals surface area contributed by atoms with Crippen molar-refractivity contribution in [3.63, 3.8) is 0 Å². The van der Waals surface area contributed by atoms with Crippen molar-refractivity contribution < 1.29 is 13.9 Å². The molecule has 1 amide bonds. The normalized spacial score (nSPS) is 16.8. The lowest BCUT2D eigenvalue weighted by atomic mass is 10.0. The molecule has 3 heterocycles. The molecular formula is C21H25FN4O2. The summed E-state index contributed by atoms with van der Waals surface area (Å²) < 4.78 is 19.1. The minimum atomic E-state index is -0.218. The fraction of sp³-hybridized carbons (Fsp3) is 0.476. The van der Waals surface area contributed by atoms with E-state index in [1.807, 2.05) is 17.2 Å². The molecule has 2 aliphatic heterocycles. The number of fused-ring (bicyclic) bond motifs is 1. The van der Waals surface area contributed by atoms with Crippen molar-refractivity contribution in [3.8, 4) is 0 Å². The number of benzene rings is 1. The van der Waals surface area contributed by atoms with Gasteiger partial charge < -0.3 is 14.5 Å². The second-order valence-corrected chi connectivity index (χ2v) is 7.39. The number of carbonyl (C=O) groups is 1. The van der Waals surface area contributed by atoms with Crippen molar-refractivity contribution in [2.45, 2.75) is 32.7 Å². The Labute approximate surface area is 164 Å². The molecule has 2 aliphatic rings. The Morgan fingerprint density at radius 3 is 2.86 bits per heavy atom. The molecule has 4 rings (SSSR count). The number of nitrogens with zero attached hydrogens (tertiary/aromatic N) is 4. The van der Waals surface area contributed by atoms with Crippen LogP contribution in [0.5, 0.6) is 0 Å². The number of carbonyl (C=O) groups excluding carboxylic acids is 1. The summed E-state index contributed by atoms with van der Waals surface area (Å²) >= 11 is 0. The zero-order chi connectivity index (χ0) is 19.5. The maximum Gasteiger partial charge on any atom is 0.225 e. The smallest absolute Gasteiger partial charge is 0.225 e. The molecule has 1 saturated heterocycles. The SMILES string of the molecule is Cc1ccc(CCC(=O)N2CCc3cnc(N4CCOCC4)nc3C2)cc1F. The largest absolute Gasteiger partial charge is 0.378 e. The zero-order valence-corrected chi connectivity index (χ0v) is 16.2. The van der Waals surface area contributed by atoms with Crippen LogP contribution in [0.25, 0.3) is 0 Å². The van der Waals surface area contributed by atoms with E-state index in [2.05, 4.69) is 9.88 Å². The summed E-state index contributed by atoms with van der Waals surface area (Å²) in [6.45, 7) is 5.87. The predicted molar refractivity (Wildman–Crippen MR) is 104 cm³/mol. The summed E-state index contributed by atoms with van der Waals surface area (Å²) in [5.41, 5.74) is 3.52. The summed E-state index contributed by atoms with van der Waals surface area (Å²) in [6.07, 6.45) is 3.58. The third kappa shape index (κ3) is 4.14. The fourth-order valence-corrected chi connectivity index (χ4v) is 3.62. The first kappa shape index (κ1) is 18.8. The van der Waals surface area contributed by atoms with E-state index in [-0.39, 0.29) is 11.7 Å². The number of morpholine rings is 1. The van der Waals surface area contributed by atoms with Crippen LogP contribution in [0.4, 0.5) is 10.3 Å². The molecule has 0 spiro atoms. The molecule has 1 aromatic carbocycles. The van der Waals surface area contributed by atoms with Crippen LogP contribution in [-0.2, 0) is 28.9 Å². The molecular weight excluding hydrogens is 359 g/mol. The van der Waals surface area contributed by atoms with Gasteiger partial charge in [-0.2, -0.15) is 0 Å². The minimum Gasteiger partial charge on any atom is -0.378 e. The molecule has 0 bridgehead atoms. The highest BCUT2D eigenvalue weighted by Crippen LogP contribution is 2.21. The van der Waals surface area contributed by atoms with Crippen LogP contribution in [0, 0.1) is 12.7 Å². The summed E-state index contributed by atoms with van der Waals surface area (Å²) in [6, 6.07) is 5.17. The number of rotatable bonds is 4. The highest BCUT2D eigenvalue weighted by Gasteiger charge is 2.23. The molecule has 1 fully saturated rings. The van der Waals surface area contributed by atoms with Gasteiger partial charge in [0.25, 0.3) is 0 Å². The summed E-state index contributed by atoms with van der Waals surface area (Å²) in [5.74, 6) is 0.578. The lowest BCUT2D eigenvalue weighted by molar-refractivity contribution is -0.132. The Morgan fingerprint density at radius 2 is 2.07 bits per heavy atom. The van der Waals surface area contributed by atoms with Crippen LogP contribution in [0.2, 0.25) is 0 Å². The number of hydrogen-bond acceptors (Lipinski definition) is 5. The van der Waals surface area contributed by atoms with Crippen LogP contribution in [-0.4, -0.2) is 53.6 Å². The first-order valence-electron chi connectivity index (χ1n) is 9.80. The van der Waals surface area contributed by atoms with Gasteiger partial charge in [-0.1, -0.05) is 12.1 Å². The van der Waals surface area contributed by atoms with E-state index < -0.39 is 0 Å². The number of halogens is 1. The highest BCUT2D eigenvalue weighted by atomic mass is 19.1. The summed E-state index contributed by atoms with van der Waals surface area (Å²) in [4.78, 5) is 25.9. The summed E-state index contributed by atoms with van der Waals surface area (Å²) in [5, 5.41) is 0. The van der Waals surface area contributed by atoms with Gasteiger partial charge in [0.15, 0.2) is 0 Å². The quantitative estimate of drug-likeness (QED) is 0.810. The van der Waals surface area contributed by atoms with Crippen molar-refractivity contribution in [2.75, 3.05) is 37.7 Å². The first-order valence-corrected chi connectivity index (χ1v) is 9.80. The lowest BCUT2D eigenvalue weighted by Crippen LogP contribution is -2.39. The van der Waals surface area contributed by atoms with Crippen molar-refractivity contribution in [3.05, 3.63) is 52.6 Å². The van der Waals surface area contributed by atoms with E-state index in [9.17, 15) is 9.18 Å². The molecule has 0 radical (unpaired) electrons. The predicted octanol–water partition coefficient (Wildman–Crippen LogP) is 2.28. The van der Waals surface area contributed by atoms with Crippen molar-refractivity contribution >= 4 is 11.9 Å². The van der Waals surface area contributed by atoms with Gasteiger partial charge >= 0.3 is 0 Å². The average molecular weight is 384 g/mol. The minimum absolute atomic E-state index is 0.0816. The Bertz CT molecular complexity index is 867. The topological polar surface area (TPSA) is 58.6 Å². The van der Waals surface area contributed by atoms with Crippen molar-refractivity contribution in [1.82, 2.24) is 14.9 Å². The van der Waals surface area contributed by atoms with Crippen LogP contribution < -0.4 is 4.90 Å². The van der Waals surface area contributed by atoms with E-state index in [0.29, 0.717) is 50.7 Å². The second-order valence-electron chi connectivity index (χ2n) is 7.39. The molecule has 6 nitrogen and oxygen atoms in total. The third-order valence-corrected chi connectivity index (χ3v) is 5.44. The van der Waals surface area contributed by atoms with Gasteiger partial charge in [0.1, 0.15) is 5.82 Å². The van der Waals surface area contributed by atoms with E-state index in [0.717, 1.165) is 36.3 Å². The van der Waals surface area contributed by atoms with Crippen molar-refractivity contribution in [2.24, 2.45) is 0 Å². The standard InChI is InChI=1S/C21H25FN4O2/c1-15-2-3-16(12-18(15)22)4-5-20(27)26-7-6-17-13-23-21(24-19(17)14-26)25-8-10-28-11-9-25/h2-3,12-13H,4-11,14H2,1H3. The van der Waals surface area contributed by atoms with Crippen molar-refractivity contribution in [1.29, 1.82) is 0 Å². The Morgan fingerprint density at radius 1 is 1.25 bits per heavy atom. The Balaban J connectivity index is 1.39. The van der Waals surface area contributed by atoms with Gasteiger partial charge in [-0.05, 0) is 42.5 Å². The van der Waals surface area contributed by atoms with Gasteiger partial charge in [0.2, 0.25) is 11.9 Å². The molecule has 0 saturated carbocycles. The number of hydrogen-bond donors (Lipinski definition) is 0. The number of amides is 1. The van der Waals surface area contributed by atoms with Gasteiger partial charge in [-0.25, -0.2) is 14.4 Å². The molecule has 148 valence electrons. The van der Waals surface area contributed by atoms with E-state index >= 15 is 0 Å². The molecule has 1 aromatic heterocycles. The lowest BCUT2D eigenvalue weighted by Gasteiger charge is -2.30. The monoisotopic (exact) mass is 384 g/mol. The van der Waals surface area contributed by atoms with E-state index in [4.69, 9.17) is 9.72 Å². The number of aryl methyl sites for hydroxylation is 2. The van der Waals surface area contributed by atoms with Crippen LogP contribution in [0.1, 0.15) is 28.8 Å². The Kier molecular flexibility index (Phi) is 5.52. The molecule has 2 aromatic rings. The first-order chi connectivity index (χ1) is 13.6. The maximum atomic E-state index is 13.7.